The molecule has 5 nitrogen and oxygen atoms in total. The number of carbonyl (C=O) groups excluding carboxylic acids is 2. The molecule has 0 aliphatic heterocycles. The summed E-state index contributed by atoms with van der Waals surface area (Å²) in [5.41, 5.74) is 2.82. The summed E-state index contributed by atoms with van der Waals surface area (Å²) in [6.07, 6.45) is 4.17. The van der Waals surface area contributed by atoms with Crippen molar-refractivity contribution in [1.82, 2.24) is 10.2 Å². The summed E-state index contributed by atoms with van der Waals surface area (Å²) in [6, 6.07) is 11.2. The molecule has 2 aromatic carbocycles. The number of ether oxygens (including phenoxy) is 1. The Hall–Kier alpha value is -2.89. The number of halogens is 1. The van der Waals surface area contributed by atoms with E-state index in [2.05, 4.69) is 5.32 Å². The fourth-order valence-electron chi connectivity index (χ4n) is 3.94. The first-order chi connectivity index (χ1) is 14.8. The van der Waals surface area contributed by atoms with E-state index in [1.807, 2.05) is 32.0 Å². The molecule has 0 saturated heterocycles. The lowest BCUT2D eigenvalue weighted by molar-refractivity contribution is -0.142. The van der Waals surface area contributed by atoms with Crippen molar-refractivity contribution in [3.05, 3.63) is 65.0 Å². The van der Waals surface area contributed by atoms with Gasteiger partial charge in [0.05, 0.1) is 0 Å². The van der Waals surface area contributed by atoms with E-state index in [4.69, 9.17) is 4.74 Å². The van der Waals surface area contributed by atoms with Crippen LogP contribution in [0.15, 0.2) is 42.5 Å². The van der Waals surface area contributed by atoms with Crippen LogP contribution in [-0.2, 0) is 16.1 Å². The van der Waals surface area contributed by atoms with Gasteiger partial charge in [-0.25, -0.2) is 4.39 Å². The van der Waals surface area contributed by atoms with Gasteiger partial charge in [-0.2, -0.15) is 0 Å². The summed E-state index contributed by atoms with van der Waals surface area (Å²) in [6.45, 7) is 5.68. The van der Waals surface area contributed by atoms with Gasteiger partial charge in [-0.15, -0.1) is 0 Å². The highest BCUT2D eigenvalue weighted by molar-refractivity contribution is 5.88. The molecule has 1 saturated carbocycles. The fourth-order valence-corrected chi connectivity index (χ4v) is 3.94. The normalized spacial score (nSPS) is 14.8. The molecule has 1 fully saturated rings. The number of benzene rings is 2. The van der Waals surface area contributed by atoms with Crippen LogP contribution in [0.25, 0.3) is 0 Å². The zero-order valence-electron chi connectivity index (χ0n) is 18.5. The van der Waals surface area contributed by atoms with Gasteiger partial charge in [0.2, 0.25) is 5.91 Å². The lowest BCUT2D eigenvalue weighted by Gasteiger charge is -2.29. The van der Waals surface area contributed by atoms with E-state index in [0.29, 0.717) is 5.75 Å². The number of nitrogens with one attached hydrogen (secondary N) is 1. The molecule has 2 aromatic rings. The molecule has 31 heavy (non-hydrogen) atoms. The van der Waals surface area contributed by atoms with Crippen molar-refractivity contribution in [2.45, 2.75) is 65.1 Å². The Morgan fingerprint density at radius 1 is 1.13 bits per heavy atom. The topological polar surface area (TPSA) is 58.6 Å². The van der Waals surface area contributed by atoms with E-state index in [1.54, 1.807) is 19.1 Å². The smallest absolute Gasteiger partial charge is 0.261 e. The largest absolute Gasteiger partial charge is 0.483 e. The molecule has 0 heterocycles. The molecule has 2 amide bonds. The van der Waals surface area contributed by atoms with Crippen LogP contribution < -0.4 is 10.1 Å². The Morgan fingerprint density at radius 3 is 2.45 bits per heavy atom. The van der Waals surface area contributed by atoms with Gasteiger partial charge in [-0.1, -0.05) is 42.7 Å². The van der Waals surface area contributed by atoms with E-state index in [1.165, 1.54) is 17.0 Å². The summed E-state index contributed by atoms with van der Waals surface area (Å²) in [4.78, 5) is 27.4. The molecule has 1 aliphatic carbocycles. The molecule has 0 aromatic heterocycles. The molecular weight excluding hydrogens is 395 g/mol. The zero-order valence-corrected chi connectivity index (χ0v) is 18.5. The van der Waals surface area contributed by atoms with Gasteiger partial charge in [-0.05, 0) is 62.9 Å². The standard InChI is InChI=1S/C25H31FN2O3/c1-17-8-13-23(18(2)14-17)31-16-24(29)28(15-20-9-11-21(26)12-10-20)19(3)25(30)27-22-6-4-5-7-22/h8-14,19,22H,4-7,15-16H2,1-3H3,(H,27,30)/t19-/m0/s1. The van der Waals surface area contributed by atoms with Crippen molar-refractivity contribution in [1.29, 1.82) is 0 Å². The van der Waals surface area contributed by atoms with Crippen LogP contribution >= 0.6 is 0 Å². The first kappa shape index (κ1) is 22.8. The number of nitrogens with zero attached hydrogens (tertiary/aromatic N) is 1. The first-order valence-corrected chi connectivity index (χ1v) is 10.9. The summed E-state index contributed by atoms with van der Waals surface area (Å²) in [5.74, 6) is -0.164. The van der Waals surface area contributed by atoms with Crippen LogP contribution in [0.5, 0.6) is 5.75 Å². The van der Waals surface area contributed by atoms with Crippen LogP contribution in [0.1, 0.15) is 49.3 Å². The number of hydrogen-bond acceptors (Lipinski definition) is 3. The molecule has 6 heteroatoms. The van der Waals surface area contributed by atoms with E-state index in [9.17, 15) is 14.0 Å². The van der Waals surface area contributed by atoms with E-state index < -0.39 is 6.04 Å². The molecule has 1 atom stereocenters. The summed E-state index contributed by atoms with van der Waals surface area (Å²) < 4.78 is 19.1. The van der Waals surface area contributed by atoms with Gasteiger partial charge >= 0.3 is 0 Å². The highest BCUT2D eigenvalue weighted by Gasteiger charge is 2.28. The average Bonchev–Trinajstić information content (AvgIpc) is 3.25. The molecular formula is C25H31FN2O3. The quantitative estimate of drug-likeness (QED) is 0.685. The van der Waals surface area contributed by atoms with Gasteiger partial charge in [-0.3, -0.25) is 9.59 Å². The first-order valence-electron chi connectivity index (χ1n) is 10.9. The second kappa shape index (κ2) is 10.4. The van der Waals surface area contributed by atoms with Crippen molar-refractivity contribution in [3.63, 3.8) is 0 Å². The lowest BCUT2D eigenvalue weighted by Crippen LogP contribution is -2.50. The Balaban J connectivity index is 1.72. The highest BCUT2D eigenvalue weighted by Crippen LogP contribution is 2.20. The second-order valence-corrected chi connectivity index (χ2v) is 8.37. The minimum absolute atomic E-state index is 0.171. The van der Waals surface area contributed by atoms with Crippen LogP contribution in [0.4, 0.5) is 4.39 Å². The van der Waals surface area contributed by atoms with E-state index in [0.717, 1.165) is 42.4 Å². The Kier molecular flexibility index (Phi) is 7.66. The summed E-state index contributed by atoms with van der Waals surface area (Å²) in [7, 11) is 0. The maximum atomic E-state index is 13.3. The SMILES string of the molecule is Cc1ccc(OCC(=O)N(Cc2ccc(F)cc2)[C@@H](C)C(=O)NC2CCCC2)c(C)c1. The summed E-state index contributed by atoms with van der Waals surface area (Å²) >= 11 is 0. The molecule has 166 valence electrons. The van der Waals surface area contributed by atoms with Crippen molar-refractivity contribution < 1.29 is 18.7 Å². The molecule has 0 radical (unpaired) electrons. The predicted octanol–water partition coefficient (Wildman–Crippen LogP) is 4.30. The van der Waals surface area contributed by atoms with Gasteiger partial charge in [0.25, 0.3) is 5.91 Å². The maximum absolute atomic E-state index is 13.3. The molecule has 0 bridgehead atoms. The average molecular weight is 427 g/mol. The third-order valence-electron chi connectivity index (χ3n) is 5.82. The minimum atomic E-state index is -0.666. The second-order valence-electron chi connectivity index (χ2n) is 8.37. The summed E-state index contributed by atoms with van der Waals surface area (Å²) in [5, 5.41) is 3.06. The van der Waals surface area contributed by atoms with Crippen LogP contribution in [0, 0.1) is 19.7 Å². The molecule has 0 spiro atoms. The van der Waals surface area contributed by atoms with Crippen molar-refractivity contribution >= 4 is 11.8 Å². The fraction of sp³-hybridized carbons (Fsp3) is 0.440. The van der Waals surface area contributed by atoms with Gasteiger partial charge < -0.3 is 15.0 Å². The van der Waals surface area contributed by atoms with E-state index in [-0.39, 0.29) is 36.8 Å². The van der Waals surface area contributed by atoms with Gasteiger partial charge in [0.1, 0.15) is 17.6 Å². The van der Waals surface area contributed by atoms with Crippen LogP contribution in [0.2, 0.25) is 0 Å². The molecule has 3 rings (SSSR count). The maximum Gasteiger partial charge on any atom is 0.261 e. The number of aryl methyl sites for hydroxylation is 2. The Morgan fingerprint density at radius 2 is 1.81 bits per heavy atom. The lowest BCUT2D eigenvalue weighted by atomic mass is 10.1. The monoisotopic (exact) mass is 426 g/mol. The number of amides is 2. The highest BCUT2D eigenvalue weighted by atomic mass is 19.1. The number of carbonyl (C=O) groups is 2. The van der Waals surface area contributed by atoms with Crippen molar-refractivity contribution in [3.8, 4) is 5.75 Å². The number of rotatable bonds is 8. The van der Waals surface area contributed by atoms with Crippen molar-refractivity contribution in [2.75, 3.05) is 6.61 Å². The minimum Gasteiger partial charge on any atom is -0.483 e. The van der Waals surface area contributed by atoms with Gasteiger partial charge in [0, 0.05) is 12.6 Å². The Bertz CT molecular complexity index is 907. The molecule has 0 unspecified atom stereocenters. The third-order valence-corrected chi connectivity index (χ3v) is 5.82. The van der Waals surface area contributed by atoms with Crippen LogP contribution in [-0.4, -0.2) is 35.4 Å². The van der Waals surface area contributed by atoms with Crippen LogP contribution in [0.3, 0.4) is 0 Å². The van der Waals surface area contributed by atoms with E-state index >= 15 is 0 Å². The zero-order chi connectivity index (χ0) is 22.4. The third kappa shape index (κ3) is 6.29. The van der Waals surface area contributed by atoms with Crippen molar-refractivity contribution in [2.24, 2.45) is 0 Å². The molecule has 1 N–H and O–H groups in total. The number of hydrogen-bond donors (Lipinski definition) is 1. The predicted molar refractivity (Wildman–Crippen MR) is 118 cm³/mol. The van der Waals surface area contributed by atoms with Gasteiger partial charge in [0.15, 0.2) is 6.61 Å². The molecule has 1 aliphatic rings. The Labute approximate surface area is 183 Å².